The Morgan fingerprint density at radius 2 is 2.25 bits per heavy atom. The van der Waals surface area contributed by atoms with Gasteiger partial charge in [0.05, 0.1) is 6.20 Å². The molecule has 1 saturated heterocycles. The van der Waals surface area contributed by atoms with Crippen LogP contribution in [-0.2, 0) is 0 Å². The summed E-state index contributed by atoms with van der Waals surface area (Å²) >= 11 is 0. The highest BCUT2D eigenvalue weighted by Crippen LogP contribution is 2.29. The third-order valence-electron chi connectivity index (χ3n) is 4.41. The molecule has 2 fully saturated rings. The van der Waals surface area contributed by atoms with Crippen molar-refractivity contribution in [1.29, 1.82) is 0 Å². The molecule has 20 heavy (non-hydrogen) atoms. The molecule has 0 aromatic carbocycles. The summed E-state index contributed by atoms with van der Waals surface area (Å²) in [5.74, 6) is -0.103. The number of carbonyl (C=O) groups is 1. The van der Waals surface area contributed by atoms with Crippen molar-refractivity contribution in [3.05, 3.63) is 24.3 Å². The topological polar surface area (TPSA) is 78.4 Å². The lowest BCUT2D eigenvalue weighted by Crippen LogP contribution is -2.43. The Morgan fingerprint density at radius 3 is 2.85 bits per heavy atom. The van der Waals surface area contributed by atoms with Crippen molar-refractivity contribution < 1.29 is 9.90 Å². The van der Waals surface area contributed by atoms with Crippen molar-refractivity contribution in [3.63, 3.8) is 0 Å². The van der Waals surface area contributed by atoms with Crippen molar-refractivity contribution in [2.24, 2.45) is 5.92 Å². The largest absolute Gasteiger partial charge is 0.396 e. The monoisotopic (exact) mass is 276 g/mol. The van der Waals surface area contributed by atoms with E-state index in [-0.39, 0.29) is 24.5 Å². The van der Waals surface area contributed by atoms with E-state index in [1.807, 2.05) is 0 Å². The van der Waals surface area contributed by atoms with Gasteiger partial charge in [-0.05, 0) is 12.8 Å². The van der Waals surface area contributed by atoms with Gasteiger partial charge < -0.3 is 10.4 Å². The van der Waals surface area contributed by atoms with Crippen LogP contribution in [0.15, 0.2) is 18.6 Å². The van der Waals surface area contributed by atoms with Gasteiger partial charge in [-0.25, -0.2) is 4.98 Å². The van der Waals surface area contributed by atoms with Gasteiger partial charge in [-0.1, -0.05) is 6.42 Å². The van der Waals surface area contributed by atoms with Gasteiger partial charge in [0.15, 0.2) is 0 Å². The summed E-state index contributed by atoms with van der Waals surface area (Å²) in [5, 5.41) is 12.5. The Kier molecular flexibility index (Phi) is 3.93. The van der Waals surface area contributed by atoms with Gasteiger partial charge >= 0.3 is 0 Å². The number of rotatable bonds is 4. The number of aromatic nitrogens is 2. The molecule has 2 atom stereocenters. The van der Waals surface area contributed by atoms with E-state index in [2.05, 4.69) is 20.2 Å². The number of nitrogens with one attached hydrogen (secondary N) is 1. The van der Waals surface area contributed by atoms with Crippen molar-refractivity contribution >= 4 is 5.91 Å². The zero-order valence-electron chi connectivity index (χ0n) is 11.4. The van der Waals surface area contributed by atoms with Crippen molar-refractivity contribution in [3.8, 4) is 0 Å². The third-order valence-corrected chi connectivity index (χ3v) is 4.41. The van der Waals surface area contributed by atoms with Crippen LogP contribution in [0.25, 0.3) is 0 Å². The number of aliphatic hydroxyl groups is 1. The lowest BCUT2D eigenvalue weighted by atomic mass is 9.92. The van der Waals surface area contributed by atoms with Gasteiger partial charge in [0.2, 0.25) is 0 Å². The van der Waals surface area contributed by atoms with Crippen LogP contribution in [0.5, 0.6) is 0 Å². The van der Waals surface area contributed by atoms with Crippen LogP contribution < -0.4 is 5.32 Å². The zero-order chi connectivity index (χ0) is 13.9. The second kappa shape index (κ2) is 5.85. The number of hydrogen-bond donors (Lipinski definition) is 2. The maximum atomic E-state index is 12.1. The first-order chi connectivity index (χ1) is 9.78. The number of amides is 1. The molecule has 1 amide bonds. The molecule has 1 aromatic rings. The first-order valence-electron chi connectivity index (χ1n) is 7.19. The van der Waals surface area contributed by atoms with E-state index in [0.717, 1.165) is 13.1 Å². The fourth-order valence-electron chi connectivity index (χ4n) is 2.96. The first-order valence-corrected chi connectivity index (χ1v) is 7.19. The SMILES string of the molecule is O=C(N[C@@H]1CN(C2CCC2)C[C@H]1CO)c1cnccn1. The fraction of sp³-hybridized carbons (Fsp3) is 0.643. The second-order valence-electron chi connectivity index (χ2n) is 5.65. The van der Waals surface area contributed by atoms with Crippen LogP contribution in [0.2, 0.25) is 0 Å². The van der Waals surface area contributed by atoms with E-state index in [9.17, 15) is 9.90 Å². The molecule has 1 saturated carbocycles. The lowest BCUT2D eigenvalue weighted by Gasteiger charge is -2.34. The molecule has 108 valence electrons. The molecule has 1 aliphatic carbocycles. The minimum Gasteiger partial charge on any atom is -0.396 e. The normalized spacial score (nSPS) is 27.2. The van der Waals surface area contributed by atoms with Gasteiger partial charge in [0.25, 0.3) is 5.91 Å². The van der Waals surface area contributed by atoms with Gasteiger partial charge in [-0.3, -0.25) is 14.7 Å². The van der Waals surface area contributed by atoms with E-state index in [1.54, 1.807) is 6.20 Å². The summed E-state index contributed by atoms with van der Waals surface area (Å²) in [7, 11) is 0. The van der Waals surface area contributed by atoms with Gasteiger partial charge in [0.1, 0.15) is 5.69 Å². The van der Waals surface area contributed by atoms with E-state index in [1.165, 1.54) is 31.7 Å². The molecule has 1 aliphatic heterocycles. The van der Waals surface area contributed by atoms with Crippen LogP contribution in [0, 0.1) is 5.92 Å². The molecular weight excluding hydrogens is 256 g/mol. The lowest BCUT2D eigenvalue weighted by molar-refractivity contribution is 0.0914. The predicted octanol–water partition coefficient (Wildman–Crippen LogP) is 0.0516. The summed E-state index contributed by atoms with van der Waals surface area (Å²) in [4.78, 5) is 22.4. The van der Waals surface area contributed by atoms with Gasteiger partial charge in [0, 0.05) is 50.1 Å². The first kappa shape index (κ1) is 13.5. The average Bonchev–Trinajstić information content (AvgIpc) is 2.80. The standard InChI is InChI=1S/C14H20N4O2/c19-9-10-7-18(11-2-1-3-11)8-13(10)17-14(20)12-6-15-4-5-16-12/h4-6,10-11,13,19H,1-3,7-9H2,(H,17,20)/t10-,13+/m0/s1. The molecule has 6 nitrogen and oxygen atoms in total. The molecule has 0 unspecified atom stereocenters. The van der Waals surface area contributed by atoms with Gasteiger partial charge in [-0.2, -0.15) is 0 Å². The van der Waals surface area contributed by atoms with E-state index >= 15 is 0 Å². The highest BCUT2D eigenvalue weighted by molar-refractivity contribution is 5.92. The van der Waals surface area contributed by atoms with E-state index in [0.29, 0.717) is 11.7 Å². The number of aliphatic hydroxyl groups excluding tert-OH is 1. The summed E-state index contributed by atoms with van der Waals surface area (Å²) < 4.78 is 0. The average molecular weight is 276 g/mol. The highest BCUT2D eigenvalue weighted by atomic mass is 16.3. The van der Waals surface area contributed by atoms with Crippen molar-refractivity contribution in [2.45, 2.75) is 31.3 Å². The molecule has 2 aliphatic rings. The molecule has 0 bridgehead atoms. The van der Waals surface area contributed by atoms with Crippen molar-refractivity contribution in [1.82, 2.24) is 20.2 Å². The Morgan fingerprint density at radius 1 is 1.40 bits per heavy atom. The molecule has 6 heteroatoms. The van der Waals surface area contributed by atoms with Crippen LogP contribution in [-0.4, -0.2) is 57.7 Å². The minimum atomic E-state index is -0.211. The zero-order valence-corrected chi connectivity index (χ0v) is 11.4. The Balaban J connectivity index is 1.62. The van der Waals surface area contributed by atoms with Gasteiger partial charge in [-0.15, -0.1) is 0 Å². The Labute approximate surface area is 118 Å². The minimum absolute atomic E-state index is 0.00453. The number of likely N-dealkylation sites (tertiary alicyclic amines) is 1. The summed E-state index contributed by atoms with van der Waals surface area (Å²) in [6.45, 7) is 1.79. The molecule has 0 radical (unpaired) electrons. The Bertz CT molecular complexity index is 464. The smallest absolute Gasteiger partial charge is 0.271 e. The van der Waals surface area contributed by atoms with Crippen LogP contribution >= 0.6 is 0 Å². The van der Waals surface area contributed by atoms with Crippen LogP contribution in [0.3, 0.4) is 0 Å². The van der Waals surface area contributed by atoms with Crippen LogP contribution in [0.1, 0.15) is 29.8 Å². The summed E-state index contributed by atoms with van der Waals surface area (Å²) in [6.07, 6.45) is 8.28. The summed E-state index contributed by atoms with van der Waals surface area (Å²) in [5.41, 5.74) is 0.325. The fourth-order valence-corrected chi connectivity index (χ4v) is 2.96. The highest BCUT2D eigenvalue weighted by Gasteiger charge is 2.38. The third kappa shape index (κ3) is 2.66. The molecule has 2 heterocycles. The molecular formula is C14H20N4O2. The number of nitrogens with zero attached hydrogens (tertiary/aromatic N) is 3. The maximum Gasteiger partial charge on any atom is 0.271 e. The maximum absolute atomic E-state index is 12.1. The summed E-state index contributed by atoms with van der Waals surface area (Å²) in [6, 6.07) is 0.637. The molecule has 3 rings (SSSR count). The Hall–Kier alpha value is -1.53. The molecule has 0 spiro atoms. The number of hydrogen-bond acceptors (Lipinski definition) is 5. The van der Waals surface area contributed by atoms with E-state index < -0.39 is 0 Å². The second-order valence-corrected chi connectivity index (χ2v) is 5.65. The van der Waals surface area contributed by atoms with E-state index in [4.69, 9.17) is 0 Å². The predicted molar refractivity (Wildman–Crippen MR) is 73.1 cm³/mol. The van der Waals surface area contributed by atoms with Crippen molar-refractivity contribution in [2.75, 3.05) is 19.7 Å². The molecule has 1 aromatic heterocycles. The molecule has 2 N–H and O–H groups in total. The van der Waals surface area contributed by atoms with Crippen LogP contribution in [0.4, 0.5) is 0 Å². The number of carbonyl (C=O) groups excluding carboxylic acids is 1. The quantitative estimate of drug-likeness (QED) is 0.812.